The standard InChI is InChI=1S/C17H19ClN2O3S3/c18-17-13-3-1-2-4-14(13)25-15(17)5-6-16(21)19-7-12-26(22,23)20-8-10-24-11-9-20/h1-6H,7-12H2,(H,19,21). The van der Waals surface area contributed by atoms with Crippen LogP contribution in [-0.4, -0.2) is 55.5 Å². The largest absolute Gasteiger partial charge is 0.351 e. The Balaban J connectivity index is 1.53. The van der Waals surface area contributed by atoms with E-state index in [1.54, 1.807) is 17.8 Å². The molecule has 0 radical (unpaired) electrons. The van der Waals surface area contributed by atoms with Crippen LogP contribution >= 0.6 is 34.7 Å². The summed E-state index contributed by atoms with van der Waals surface area (Å²) >= 11 is 9.60. The van der Waals surface area contributed by atoms with Crippen LogP contribution < -0.4 is 5.32 Å². The van der Waals surface area contributed by atoms with Crippen LogP contribution in [-0.2, 0) is 14.8 Å². The van der Waals surface area contributed by atoms with Gasteiger partial charge in [0.2, 0.25) is 15.9 Å². The van der Waals surface area contributed by atoms with Gasteiger partial charge in [-0.3, -0.25) is 4.79 Å². The average Bonchev–Trinajstić information content (AvgIpc) is 2.97. The van der Waals surface area contributed by atoms with Crippen LogP contribution in [0.15, 0.2) is 30.3 Å². The molecule has 1 aromatic carbocycles. The Bertz CT molecular complexity index is 918. The van der Waals surface area contributed by atoms with Gasteiger partial charge < -0.3 is 5.32 Å². The van der Waals surface area contributed by atoms with Crippen LogP contribution in [0.1, 0.15) is 4.88 Å². The second kappa shape index (κ2) is 8.75. The number of benzene rings is 1. The minimum Gasteiger partial charge on any atom is -0.351 e. The zero-order valence-corrected chi connectivity index (χ0v) is 17.2. The summed E-state index contributed by atoms with van der Waals surface area (Å²) in [6.45, 7) is 1.19. The lowest BCUT2D eigenvalue weighted by Crippen LogP contribution is -2.41. The molecular weight excluding hydrogens is 412 g/mol. The molecule has 3 rings (SSSR count). The van der Waals surface area contributed by atoms with E-state index < -0.39 is 10.0 Å². The number of halogens is 1. The Hall–Kier alpha value is -1.06. The lowest BCUT2D eigenvalue weighted by molar-refractivity contribution is -0.116. The lowest BCUT2D eigenvalue weighted by Gasteiger charge is -2.25. The third kappa shape index (κ3) is 4.80. The SMILES string of the molecule is O=C(C=Cc1sc2ccccc2c1Cl)NCCS(=O)(=O)N1CCSCC1. The number of fused-ring (bicyclic) bond motifs is 1. The van der Waals surface area contributed by atoms with E-state index in [2.05, 4.69) is 5.32 Å². The Morgan fingerprint density at radius 2 is 2.00 bits per heavy atom. The summed E-state index contributed by atoms with van der Waals surface area (Å²) < 4.78 is 27.0. The van der Waals surface area contributed by atoms with Gasteiger partial charge in [0.05, 0.1) is 10.8 Å². The van der Waals surface area contributed by atoms with Crippen LogP contribution in [0.3, 0.4) is 0 Å². The second-order valence-electron chi connectivity index (χ2n) is 5.73. The van der Waals surface area contributed by atoms with E-state index in [1.165, 1.54) is 21.7 Å². The molecule has 26 heavy (non-hydrogen) atoms. The maximum Gasteiger partial charge on any atom is 0.244 e. The lowest BCUT2D eigenvalue weighted by atomic mass is 10.2. The number of nitrogens with one attached hydrogen (secondary N) is 1. The predicted octanol–water partition coefficient (Wildman–Crippen LogP) is 3.06. The van der Waals surface area contributed by atoms with E-state index in [9.17, 15) is 13.2 Å². The van der Waals surface area contributed by atoms with Gasteiger partial charge in [0, 0.05) is 52.2 Å². The van der Waals surface area contributed by atoms with Gasteiger partial charge in [-0.2, -0.15) is 11.8 Å². The Labute approximate surface area is 166 Å². The van der Waals surface area contributed by atoms with E-state index in [4.69, 9.17) is 11.6 Å². The quantitative estimate of drug-likeness (QED) is 0.715. The highest BCUT2D eigenvalue weighted by atomic mass is 35.5. The van der Waals surface area contributed by atoms with Crippen molar-refractivity contribution >= 4 is 66.8 Å². The molecule has 0 unspecified atom stereocenters. The van der Waals surface area contributed by atoms with Gasteiger partial charge in [0.1, 0.15) is 0 Å². The van der Waals surface area contributed by atoms with E-state index >= 15 is 0 Å². The molecule has 0 aliphatic carbocycles. The number of hydrogen-bond donors (Lipinski definition) is 1. The Kier molecular flexibility index (Phi) is 6.63. The average molecular weight is 431 g/mol. The summed E-state index contributed by atoms with van der Waals surface area (Å²) in [5.74, 6) is 1.23. The van der Waals surface area contributed by atoms with Crippen LogP contribution in [0.2, 0.25) is 5.02 Å². The van der Waals surface area contributed by atoms with Crippen molar-refractivity contribution in [2.45, 2.75) is 0 Å². The van der Waals surface area contributed by atoms with Crippen molar-refractivity contribution in [3.05, 3.63) is 40.2 Å². The van der Waals surface area contributed by atoms with Gasteiger partial charge in [-0.1, -0.05) is 29.8 Å². The van der Waals surface area contributed by atoms with Crippen molar-refractivity contribution in [3.8, 4) is 0 Å². The molecule has 1 saturated heterocycles. The smallest absolute Gasteiger partial charge is 0.244 e. The fraction of sp³-hybridized carbons (Fsp3) is 0.353. The molecule has 1 aliphatic heterocycles. The molecule has 0 bridgehead atoms. The molecule has 1 fully saturated rings. The number of nitrogens with zero attached hydrogens (tertiary/aromatic N) is 1. The molecule has 1 N–H and O–H groups in total. The van der Waals surface area contributed by atoms with Gasteiger partial charge in [-0.25, -0.2) is 12.7 Å². The zero-order valence-electron chi connectivity index (χ0n) is 14.0. The minimum atomic E-state index is -3.31. The van der Waals surface area contributed by atoms with Gasteiger partial charge in [-0.15, -0.1) is 11.3 Å². The fourth-order valence-corrected chi connectivity index (χ4v) is 6.50. The molecule has 9 heteroatoms. The molecule has 1 aromatic heterocycles. The minimum absolute atomic E-state index is 0.0824. The van der Waals surface area contributed by atoms with Gasteiger partial charge in [0.15, 0.2) is 0 Å². The number of thiophene rings is 1. The summed E-state index contributed by atoms with van der Waals surface area (Å²) in [4.78, 5) is 12.8. The number of amides is 1. The van der Waals surface area contributed by atoms with Crippen molar-refractivity contribution in [2.75, 3.05) is 36.9 Å². The molecule has 1 amide bonds. The summed E-state index contributed by atoms with van der Waals surface area (Å²) in [5, 5.41) is 4.21. The van der Waals surface area contributed by atoms with Crippen molar-refractivity contribution in [1.29, 1.82) is 0 Å². The molecule has 2 heterocycles. The summed E-state index contributed by atoms with van der Waals surface area (Å²) in [6.07, 6.45) is 3.05. The molecule has 2 aromatic rings. The summed E-state index contributed by atoms with van der Waals surface area (Å²) in [5.41, 5.74) is 0. The zero-order chi connectivity index (χ0) is 18.6. The first-order valence-corrected chi connectivity index (χ1v) is 12.1. The van der Waals surface area contributed by atoms with Crippen molar-refractivity contribution < 1.29 is 13.2 Å². The number of sulfonamides is 1. The van der Waals surface area contributed by atoms with Crippen LogP contribution in [0.25, 0.3) is 16.2 Å². The third-order valence-corrected chi connectivity index (χ3v) is 8.44. The number of hydrogen-bond acceptors (Lipinski definition) is 5. The van der Waals surface area contributed by atoms with E-state index in [-0.39, 0.29) is 18.2 Å². The first kappa shape index (κ1) is 19.7. The molecule has 0 saturated carbocycles. The number of thioether (sulfide) groups is 1. The van der Waals surface area contributed by atoms with Gasteiger partial charge >= 0.3 is 0 Å². The van der Waals surface area contributed by atoms with Crippen molar-refractivity contribution in [1.82, 2.24) is 9.62 Å². The van der Waals surface area contributed by atoms with Crippen LogP contribution in [0.4, 0.5) is 0 Å². The first-order valence-electron chi connectivity index (χ1n) is 8.16. The Morgan fingerprint density at radius 3 is 2.73 bits per heavy atom. The number of carbonyl (C=O) groups is 1. The van der Waals surface area contributed by atoms with E-state index in [0.717, 1.165) is 26.5 Å². The summed E-state index contributed by atoms with van der Waals surface area (Å²) in [6, 6.07) is 7.78. The summed E-state index contributed by atoms with van der Waals surface area (Å²) in [7, 11) is -3.31. The van der Waals surface area contributed by atoms with E-state index in [1.807, 2.05) is 24.3 Å². The number of rotatable bonds is 6. The molecule has 0 spiro atoms. The van der Waals surface area contributed by atoms with Gasteiger partial charge in [-0.05, 0) is 12.1 Å². The van der Waals surface area contributed by atoms with Crippen LogP contribution in [0, 0.1) is 0 Å². The predicted molar refractivity (Wildman–Crippen MR) is 112 cm³/mol. The molecule has 5 nitrogen and oxygen atoms in total. The van der Waals surface area contributed by atoms with Crippen LogP contribution in [0.5, 0.6) is 0 Å². The maximum atomic E-state index is 12.2. The number of carbonyl (C=O) groups excluding carboxylic acids is 1. The van der Waals surface area contributed by atoms with Gasteiger partial charge in [0.25, 0.3) is 0 Å². The highest BCUT2D eigenvalue weighted by Gasteiger charge is 2.23. The monoisotopic (exact) mass is 430 g/mol. The topological polar surface area (TPSA) is 66.5 Å². The fourth-order valence-electron chi connectivity index (χ4n) is 2.61. The highest BCUT2D eigenvalue weighted by Crippen LogP contribution is 2.35. The van der Waals surface area contributed by atoms with E-state index in [0.29, 0.717) is 18.1 Å². The molecule has 1 aliphatic rings. The normalized spacial score (nSPS) is 16.3. The van der Waals surface area contributed by atoms with Crippen molar-refractivity contribution in [2.24, 2.45) is 0 Å². The first-order chi connectivity index (χ1) is 12.5. The second-order valence-corrected chi connectivity index (χ2v) is 10.5. The molecular formula is C17H19ClN2O3S3. The maximum absolute atomic E-state index is 12.2. The Morgan fingerprint density at radius 1 is 1.27 bits per heavy atom. The molecule has 0 atom stereocenters. The highest BCUT2D eigenvalue weighted by molar-refractivity contribution is 7.99. The third-order valence-electron chi connectivity index (χ3n) is 3.97. The molecule has 140 valence electrons. The van der Waals surface area contributed by atoms with Crippen molar-refractivity contribution in [3.63, 3.8) is 0 Å².